The fraction of sp³-hybridized carbons (Fsp3) is 0.0476. The minimum Gasteiger partial charge on any atom is -0.268 e. The Balaban J connectivity index is 1.98. The molecule has 28 heavy (non-hydrogen) atoms. The lowest BCUT2D eigenvalue weighted by Gasteiger charge is -2.11. The predicted octanol–water partition coefficient (Wildman–Crippen LogP) is 6.06. The van der Waals surface area contributed by atoms with Gasteiger partial charge in [-0.1, -0.05) is 41.9 Å². The molecule has 0 aliphatic carbocycles. The highest BCUT2D eigenvalue weighted by Crippen LogP contribution is 2.33. The third-order valence-electron chi connectivity index (χ3n) is 4.29. The summed E-state index contributed by atoms with van der Waals surface area (Å²) >= 11 is 6.08. The fourth-order valence-electron chi connectivity index (χ4n) is 2.99. The van der Waals surface area contributed by atoms with Crippen LogP contribution in [0.5, 0.6) is 0 Å². The summed E-state index contributed by atoms with van der Waals surface area (Å²) in [5.41, 5.74) is 0.644. The Hall–Kier alpha value is -3.12. The van der Waals surface area contributed by atoms with Crippen LogP contribution >= 0.6 is 11.6 Å². The van der Waals surface area contributed by atoms with Crippen molar-refractivity contribution in [2.24, 2.45) is 0 Å². The molecule has 4 rings (SSSR count). The van der Waals surface area contributed by atoms with E-state index in [0.29, 0.717) is 21.6 Å². The van der Waals surface area contributed by atoms with Crippen LogP contribution in [0.15, 0.2) is 72.8 Å². The Morgan fingerprint density at radius 3 is 2.39 bits per heavy atom. The van der Waals surface area contributed by atoms with E-state index in [1.807, 2.05) is 0 Å². The summed E-state index contributed by atoms with van der Waals surface area (Å²) in [5, 5.41) is 0.394. The SMILES string of the molecule is O=C(c1ccccc1)n1c(-c2cccc(C(F)(F)F)c2)nc2ccc(Cl)cc21. The van der Waals surface area contributed by atoms with Crippen molar-refractivity contribution >= 4 is 28.5 Å². The van der Waals surface area contributed by atoms with Crippen LogP contribution < -0.4 is 0 Å². The minimum absolute atomic E-state index is 0.122. The van der Waals surface area contributed by atoms with E-state index in [4.69, 9.17) is 11.6 Å². The van der Waals surface area contributed by atoms with Gasteiger partial charge < -0.3 is 0 Å². The summed E-state index contributed by atoms with van der Waals surface area (Å²) in [4.78, 5) is 17.6. The van der Waals surface area contributed by atoms with Crippen molar-refractivity contribution in [3.63, 3.8) is 0 Å². The van der Waals surface area contributed by atoms with Gasteiger partial charge in [0.15, 0.2) is 0 Å². The first-order chi connectivity index (χ1) is 13.3. The number of rotatable bonds is 2. The van der Waals surface area contributed by atoms with E-state index in [0.717, 1.165) is 12.1 Å². The van der Waals surface area contributed by atoms with Gasteiger partial charge in [0, 0.05) is 16.1 Å². The number of nitrogens with zero attached hydrogens (tertiary/aromatic N) is 2. The average Bonchev–Trinajstić information content (AvgIpc) is 3.06. The molecule has 0 saturated carbocycles. The van der Waals surface area contributed by atoms with E-state index in [1.165, 1.54) is 16.7 Å². The molecule has 3 aromatic carbocycles. The molecule has 0 spiro atoms. The number of carbonyl (C=O) groups excluding carboxylic acids is 1. The molecule has 0 unspecified atom stereocenters. The number of halogens is 4. The molecule has 0 fully saturated rings. The minimum atomic E-state index is -4.50. The van der Waals surface area contributed by atoms with Crippen molar-refractivity contribution in [1.29, 1.82) is 0 Å². The van der Waals surface area contributed by atoms with Crippen molar-refractivity contribution in [1.82, 2.24) is 9.55 Å². The molecule has 1 heterocycles. The maximum absolute atomic E-state index is 13.2. The Labute approximate surface area is 163 Å². The van der Waals surface area contributed by atoms with Gasteiger partial charge >= 0.3 is 6.18 Å². The largest absolute Gasteiger partial charge is 0.416 e. The highest BCUT2D eigenvalue weighted by Gasteiger charge is 2.31. The van der Waals surface area contributed by atoms with Crippen molar-refractivity contribution < 1.29 is 18.0 Å². The van der Waals surface area contributed by atoms with E-state index < -0.39 is 17.6 Å². The molecule has 0 amide bonds. The van der Waals surface area contributed by atoms with Gasteiger partial charge in [-0.3, -0.25) is 9.36 Å². The van der Waals surface area contributed by atoms with Gasteiger partial charge in [-0.15, -0.1) is 0 Å². The molecule has 7 heteroatoms. The number of alkyl halides is 3. The molecule has 4 aromatic rings. The number of hydrogen-bond acceptors (Lipinski definition) is 2. The van der Waals surface area contributed by atoms with E-state index in [1.54, 1.807) is 48.5 Å². The van der Waals surface area contributed by atoms with Crippen molar-refractivity contribution in [3.8, 4) is 11.4 Å². The number of hydrogen-bond donors (Lipinski definition) is 0. The summed E-state index contributed by atoms with van der Waals surface area (Å²) in [6.45, 7) is 0. The molecule has 1 aromatic heterocycles. The van der Waals surface area contributed by atoms with Gasteiger partial charge in [-0.05, 0) is 42.5 Å². The maximum atomic E-state index is 13.2. The molecule has 140 valence electrons. The highest BCUT2D eigenvalue weighted by atomic mass is 35.5. The molecule has 0 N–H and O–H groups in total. The first-order valence-corrected chi connectivity index (χ1v) is 8.68. The smallest absolute Gasteiger partial charge is 0.268 e. The lowest BCUT2D eigenvalue weighted by molar-refractivity contribution is -0.137. The lowest BCUT2D eigenvalue weighted by atomic mass is 10.1. The number of imidazole rings is 1. The molecule has 0 atom stereocenters. The predicted molar refractivity (Wildman–Crippen MR) is 101 cm³/mol. The molecular formula is C21H12ClF3N2O. The van der Waals surface area contributed by atoms with Gasteiger partial charge in [0.25, 0.3) is 5.91 Å². The number of aromatic nitrogens is 2. The third-order valence-corrected chi connectivity index (χ3v) is 4.52. The highest BCUT2D eigenvalue weighted by molar-refractivity contribution is 6.31. The molecule has 0 saturated heterocycles. The normalized spacial score (nSPS) is 11.7. The number of fused-ring (bicyclic) bond motifs is 1. The fourth-order valence-corrected chi connectivity index (χ4v) is 3.16. The van der Waals surface area contributed by atoms with Gasteiger partial charge in [-0.25, -0.2) is 4.98 Å². The zero-order chi connectivity index (χ0) is 19.9. The van der Waals surface area contributed by atoms with Crippen LogP contribution in [0.25, 0.3) is 22.4 Å². The molecule has 0 aliphatic rings. The monoisotopic (exact) mass is 400 g/mol. The molecule has 0 aliphatic heterocycles. The van der Waals surface area contributed by atoms with Crippen molar-refractivity contribution in [2.45, 2.75) is 6.18 Å². The second-order valence-electron chi connectivity index (χ2n) is 6.15. The molecule has 3 nitrogen and oxygen atoms in total. The van der Waals surface area contributed by atoms with E-state index >= 15 is 0 Å². The first-order valence-electron chi connectivity index (χ1n) is 8.30. The summed E-state index contributed by atoms with van der Waals surface area (Å²) in [6, 6.07) is 18.0. The van der Waals surface area contributed by atoms with Crippen LogP contribution in [-0.4, -0.2) is 15.5 Å². The van der Waals surface area contributed by atoms with Crippen molar-refractivity contribution in [2.75, 3.05) is 0 Å². The topological polar surface area (TPSA) is 34.9 Å². The summed E-state index contributed by atoms with van der Waals surface area (Å²) in [6.07, 6.45) is -4.50. The summed E-state index contributed by atoms with van der Waals surface area (Å²) in [5.74, 6) is -0.282. The van der Waals surface area contributed by atoms with Crippen LogP contribution in [0.1, 0.15) is 15.9 Å². The van der Waals surface area contributed by atoms with Crippen molar-refractivity contribution in [3.05, 3.63) is 88.9 Å². The van der Waals surface area contributed by atoms with Crippen LogP contribution in [0, 0.1) is 0 Å². The summed E-state index contributed by atoms with van der Waals surface area (Å²) < 4.78 is 40.8. The third kappa shape index (κ3) is 3.27. The van der Waals surface area contributed by atoms with E-state index in [9.17, 15) is 18.0 Å². The quantitative estimate of drug-likeness (QED) is 0.409. The summed E-state index contributed by atoms with van der Waals surface area (Å²) in [7, 11) is 0. The van der Waals surface area contributed by atoms with Crippen LogP contribution in [-0.2, 0) is 6.18 Å². The van der Waals surface area contributed by atoms with Crippen LogP contribution in [0.2, 0.25) is 5.02 Å². The number of carbonyl (C=O) groups is 1. The standard InChI is InChI=1S/C21H12ClF3N2O/c22-16-9-10-17-18(12-16)27(20(28)13-5-2-1-3-6-13)19(26-17)14-7-4-8-15(11-14)21(23,24)25/h1-12H. The van der Waals surface area contributed by atoms with Gasteiger partial charge in [-0.2, -0.15) is 13.2 Å². The molecular weight excluding hydrogens is 389 g/mol. The second kappa shape index (κ2) is 6.80. The molecule has 0 bridgehead atoms. The Bertz CT molecular complexity index is 1180. The van der Waals surface area contributed by atoms with Gasteiger partial charge in [0.05, 0.1) is 16.6 Å². The molecule has 0 radical (unpaired) electrons. The Morgan fingerprint density at radius 1 is 0.929 bits per heavy atom. The first kappa shape index (κ1) is 18.3. The van der Waals surface area contributed by atoms with Crippen LogP contribution in [0.4, 0.5) is 13.2 Å². The van der Waals surface area contributed by atoms with E-state index in [2.05, 4.69) is 4.98 Å². The van der Waals surface area contributed by atoms with E-state index in [-0.39, 0.29) is 11.4 Å². The lowest BCUT2D eigenvalue weighted by Crippen LogP contribution is -2.13. The van der Waals surface area contributed by atoms with Gasteiger partial charge in [0.1, 0.15) is 5.82 Å². The average molecular weight is 401 g/mol. The maximum Gasteiger partial charge on any atom is 0.416 e. The van der Waals surface area contributed by atoms with Gasteiger partial charge in [0.2, 0.25) is 0 Å². The Kier molecular flexibility index (Phi) is 4.43. The zero-order valence-electron chi connectivity index (χ0n) is 14.2. The Morgan fingerprint density at radius 2 is 1.68 bits per heavy atom. The zero-order valence-corrected chi connectivity index (χ0v) is 15.0. The second-order valence-corrected chi connectivity index (χ2v) is 6.59. The van der Waals surface area contributed by atoms with Crippen LogP contribution in [0.3, 0.4) is 0 Å². The number of benzene rings is 3.